The van der Waals surface area contributed by atoms with Gasteiger partial charge in [0.05, 0.1) is 16.3 Å². The SMILES string of the molecule is C[C@@H]1S[C@H](c2ccccc2)n2c1nc1ccccc12. The number of nitrogens with zero attached hydrogens (tertiary/aromatic N) is 2. The maximum Gasteiger partial charge on any atom is 0.124 e. The zero-order chi connectivity index (χ0) is 12.8. The molecule has 0 N–H and O–H groups in total. The monoisotopic (exact) mass is 266 g/mol. The van der Waals surface area contributed by atoms with Crippen LogP contribution in [0.3, 0.4) is 0 Å². The molecule has 3 heteroatoms. The smallest absolute Gasteiger partial charge is 0.124 e. The van der Waals surface area contributed by atoms with Crippen molar-refractivity contribution in [3.05, 3.63) is 66.0 Å². The van der Waals surface area contributed by atoms with E-state index < -0.39 is 0 Å². The van der Waals surface area contributed by atoms with Gasteiger partial charge in [-0.05, 0) is 24.6 Å². The highest BCUT2D eigenvalue weighted by Gasteiger charge is 2.32. The van der Waals surface area contributed by atoms with Gasteiger partial charge in [-0.3, -0.25) is 0 Å². The Labute approximate surface area is 116 Å². The molecule has 94 valence electrons. The third-order valence-corrected chi connectivity index (χ3v) is 5.00. The molecule has 0 radical (unpaired) electrons. The normalized spacial score (nSPS) is 21.7. The summed E-state index contributed by atoms with van der Waals surface area (Å²) in [5.74, 6) is 1.19. The van der Waals surface area contributed by atoms with Crippen molar-refractivity contribution < 1.29 is 0 Å². The molecule has 3 aromatic rings. The Balaban J connectivity index is 1.96. The summed E-state index contributed by atoms with van der Waals surface area (Å²) in [7, 11) is 0. The van der Waals surface area contributed by atoms with Crippen molar-refractivity contribution >= 4 is 22.8 Å². The van der Waals surface area contributed by atoms with Gasteiger partial charge >= 0.3 is 0 Å². The average molecular weight is 266 g/mol. The van der Waals surface area contributed by atoms with Crippen LogP contribution in [0.1, 0.15) is 28.9 Å². The Hall–Kier alpha value is -1.74. The van der Waals surface area contributed by atoms with Gasteiger partial charge in [0, 0.05) is 0 Å². The Morgan fingerprint density at radius 2 is 1.74 bits per heavy atom. The molecule has 0 bridgehead atoms. The second kappa shape index (κ2) is 4.14. The van der Waals surface area contributed by atoms with E-state index in [0.29, 0.717) is 10.6 Å². The Morgan fingerprint density at radius 3 is 2.58 bits per heavy atom. The molecule has 0 saturated carbocycles. The summed E-state index contributed by atoms with van der Waals surface area (Å²) in [5, 5.41) is 0.788. The number of imidazole rings is 1. The maximum atomic E-state index is 4.79. The van der Waals surface area contributed by atoms with Crippen LogP contribution in [-0.4, -0.2) is 9.55 Å². The molecule has 1 aromatic heterocycles. The molecule has 1 aliphatic heterocycles. The lowest BCUT2D eigenvalue weighted by atomic mass is 10.2. The van der Waals surface area contributed by atoms with Gasteiger partial charge in [0.25, 0.3) is 0 Å². The molecule has 1 aliphatic rings. The first-order valence-electron chi connectivity index (χ1n) is 6.52. The second-order valence-corrected chi connectivity index (χ2v) is 6.30. The van der Waals surface area contributed by atoms with E-state index >= 15 is 0 Å². The number of benzene rings is 2. The third kappa shape index (κ3) is 1.61. The van der Waals surface area contributed by atoms with Crippen LogP contribution < -0.4 is 0 Å². The number of hydrogen-bond donors (Lipinski definition) is 0. The van der Waals surface area contributed by atoms with E-state index in [0.717, 1.165) is 5.52 Å². The Bertz CT molecular complexity index is 733. The third-order valence-electron chi connectivity index (χ3n) is 3.64. The zero-order valence-electron chi connectivity index (χ0n) is 10.7. The van der Waals surface area contributed by atoms with Gasteiger partial charge < -0.3 is 4.57 Å². The summed E-state index contributed by atoms with van der Waals surface area (Å²) < 4.78 is 2.39. The van der Waals surface area contributed by atoms with E-state index in [4.69, 9.17) is 4.98 Å². The molecule has 0 spiro atoms. The van der Waals surface area contributed by atoms with Gasteiger partial charge in [-0.2, -0.15) is 0 Å². The van der Waals surface area contributed by atoms with Crippen LogP contribution in [0.4, 0.5) is 0 Å². The topological polar surface area (TPSA) is 17.8 Å². The molecular formula is C16H14N2S. The molecule has 0 saturated heterocycles. The fraction of sp³-hybridized carbons (Fsp3) is 0.188. The van der Waals surface area contributed by atoms with E-state index in [1.54, 1.807) is 0 Å². The molecule has 2 nitrogen and oxygen atoms in total. The van der Waals surface area contributed by atoms with Crippen LogP contribution in [0.5, 0.6) is 0 Å². The highest BCUT2D eigenvalue weighted by Crippen LogP contribution is 2.49. The van der Waals surface area contributed by atoms with Crippen molar-refractivity contribution in [1.82, 2.24) is 9.55 Å². The quantitative estimate of drug-likeness (QED) is 0.650. The van der Waals surface area contributed by atoms with Crippen molar-refractivity contribution in [2.24, 2.45) is 0 Å². The average Bonchev–Trinajstić information content (AvgIpc) is 2.98. The lowest BCUT2D eigenvalue weighted by molar-refractivity contribution is 0.776. The van der Waals surface area contributed by atoms with Crippen LogP contribution in [0.2, 0.25) is 0 Å². The Morgan fingerprint density at radius 1 is 1.00 bits per heavy atom. The van der Waals surface area contributed by atoms with Crippen LogP contribution in [0, 0.1) is 0 Å². The molecular weight excluding hydrogens is 252 g/mol. The number of rotatable bonds is 1. The summed E-state index contributed by atoms with van der Waals surface area (Å²) in [6.45, 7) is 2.24. The van der Waals surface area contributed by atoms with Gasteiger partial charge in [0.2, 0.25) is 0 Å². The van der Waals surface area contributed by atoms with Crippen molar-refractivity contribution in [3.8, 4) is 0 Å². The van der Waals surface area contributed by atoms with Crippen molar-refractivity contribution in [3.63, 3.8) is 0 Å². The summed E-state index contributed by atoms with van der Waals surface area (Å²) in [5.41, 5.74) is 3.69. The van der Waals surface area contributed by atoms with Crippen LogP contribution in [-0.2, 0) is 0 Å². The first-order valence-corrected chi connectivity index (χ1v) is 7.46. The zero-order valence-corrected chi connectivity index (χ0v) is 11.5. The molecule has 19 heavy (non-hydrogen) atoms. The van der Waals surface area contributed by atoms with E-state index in [1.807, 2.05) is 11.8 Å². The summed E-state index contributed by atoms with van der Waals surface area (Å²) in [6, 6.07) is 19.1. The molecule has 0 aliphatic carbocycles. The highest BCUT2D eigenvalue weighted by atomic mass is 32.2. The van der Waals surface area contributed by atoms with Gasteiger partial charge in [0.15, 0.2) is 0 Å². The summed E-state index contributed by atoms with van der Waals surface area (Å²) >= 11 is 1.97. The molecule has 0 fully saturated rings. The predicted molar refractivity (Wildman–Crippen MR) is 80.3 cm³/mol. The number of hydrogen-bond acceptors (Lipinski definition) is 2. The van der Waals surface area contributed by atoms with Crippen LogP contribution in [0.25, 0.3) is 11.0 Å². The first kappa shape index (κ1) is 11.1. The summed E-state index contributed by atoms with van der Waals surface area (Å²) in [6.07, 6.45) is 0. The van der Waals surface area contributed by atoms with Crippen LogP contribution >= 0.6 is 11.8 Å². The standard InChI is InChI=1S/C16H14N2S/c1-11-15-17-13-9-5-6-10-14(13)18(15)16(19-11)12-7-3-2-4-8-12/h2-11,16H,1H3/t11-,16+/m0/s1. The summed E-state index contributed by atoms with van der Waals surface area (Å²) in [4.78, 5) is 4.79. The van der Waals surface area contributed by atoms with Gasteiger partial charge in [-0.25, -0.2) is 4.98 Å². The number of aromatic nitrogens is 2. The minimum Gasteiger partial charge on any atom is -0.310 e. The largest absolute Gasteiger partial charge is 0.310 e. The van der Waals surface area contributed by atoms with Crippen molar-refractivity contribution in [2.75, 3.05) is 0 Å². The van der Waals surface area contributed by atoms with Gasteiger partial charge in [0.1, 0.15) is 11.2 Å². The highest BCUT2D eigenvalue weighted by molar-refractivity contribution is 8.00. The molecule has 4 rings (SSSR count). The molecule has 0 amide bonds. The number of thioether (sulfide) groups is 1. The van der Waals surface area contributed by atoms with Gasteiger partial charge in [-0.15, -0.1) is 11.8 Å². The molecule has 2 atom stereocenters. The minimum atomic E-state index is 0.346. The predicted octanol–water partition coefficient (Wildman–Crippen LogP) is 4.39. The lowest BCUT2D eigenvalue weighted by Crippen LogP contribution is -2.02. The fourth-order valence-electron chi connectivity index (χ4n) is 2.76. The molecule has 0 unspecified atom stereocenters. The van der Waals surface area contributed by atoms with E-state index in [1.165, 1.54) is 16.9 Å². The Kier molecular flexibility index (Phi) is 2.42. The second-order valence-electron chi connectivity index (χ2n) is 4.87. The van der Waals surface area contributed by atoms with Crippen molar-refractivity contribution in [1.29, 1.82) is 0 Å². The van der Waals surface area contributed by atoms with E-state index in [2.05, 4.69) is 66.1 Å². The van der Waals surface area contributed by atoms with E-state index in [9.17, 15) is 0 Å². The van der Waals surface area contributed by atoms with Gasteiger partial charge in [-0.1, -0.05) is 42.5 Å². The maximum absolute atomic E-state index is 4.79. The molecule has 2 aromatic carbocycles. The lowest BCUT2D eigenvalue weighted by Gasteiger charge is -2.14. The fourth-order valence-corrected chi connectivity index (χ4v) is 4.09. The minimum absolute atomic E-state index is 0.346. The van der Waals surface area contributed by atoms with Crippen molar-refractivity contribution in [2.45, 2.75) is 17.5 Å². The first-order chi connectivity index (χ1) is 9.34. The molecule has 2 heterocycles. The van der Waals surface area contributed by atoms with E-state index in [-0.39, 0.29) is 0 Å². The van der Waals surface area contributed by atoms with Crippen LogP contribution in [0.15, 0.2) is 54.6 Å². The number of para-hydroxylation sites is 2. The number of fused-ring (bicyclic) bond motifs is 3.